The Morgan fingerprint density at radius 1 is 1.14 bits per heavy atom. The number of benzene rings is 2. The van der Waals surface area contributed by atoms with Crippen LogP contribution in [0, 0.1) is 0 Å². The Morgan fingerprint density at radius 3 is 2.72 bits per heavy atom. The van der Waals surface area contributed by atoms with Gasteiger partial charge >= 0.3 is 0 Å². The molecule has 29 heavy (non-hydrogen) atoms. The maximum absolute atomic E-state index is 6.53. The van der Waals surface area contributed by atoms with Crippen LogP contribution < -0.4 is 0 Å². The highest BCUT2D eigenvalue weighted by Gasteiger charge is 2.24. The van der Waals surface area contributed by atoms with Crippen molar-refractivity contribution >= 4 is 29.1 Å². The van der Waals surface area contributed by atoms with Gasteiger partial charge in [-0.1, -0.05) is 36.7 Å². The lowest BCUT2D eigenvalue weighted by Gasteiger charge is -2.16. The van der Waals surface area contributed by atoms with Gasteiger partial charge in [0.05, 0.1) is 11.4 Å². The fourth-order valence-corrected chi connectivity index (χ4v) is 4.21. The van der Waals surface area contributed by atoms with E-state index in [9.17, 15) is 0 Å². The zero-order chi connectivity index (χ0) is 20.4. The number of halogens is 1. The van der Waals surface area contributed by atoms with E-state index < -0.39 is 0 Å². The van der Waals surface area contributed by atoms with E-state index in [0.29, 0.717) is 18.2 Å². The number of aliphatic imine (C=N–C) groups is 1. The monoisotopic (exact) mass is 427 g/mol. The van der Waals surface area contributed by atoms with Crippen LogP contribution in [0.3, 0.4) is 0 Å². The van der Waals surface area contributed by atoms with E-state index in [-0.39, 0.29) is 0 Å². The summed E-state index contributed by atoms with van der Waals surface area (Å²) in [4.78, 5) is 11.7. The Morgan fingerprint density at radius 2 is 1.97 bits per heavy atom. The molecule has 0 amide bonds. The van der Waals surface area contributed by atoms with Crippen LogP contribution in [-0.2, 0) is 18.0 Å². The normalized spacial score (nSPS) is 13.1. The molecule has 2 aromatic carbocycles. The van der Waals surface area contributed by atoms with Crippen LogP contribution in [-0.4, -0.2) is 45.4 Å². The van der Waals surface area contributed by atoms with E-state index in [4.69, 9.17) is 21.4 Å². The SMILES string of the molecule is CCSc1ccc2c(c1)C(c1ccccc1Cl)=NCc1nnc(CON(C)C)n1-2. The van der Waals surface area contributed by atoms with E-state index in [1.807, 2.05) is 42.9 Å². The second-order valence-corrected chi connectivity index (χ2v) is 8.45. The molecule has 0 saturated heterocycles. The Balaban J connectivity index is 1.89. The van der Waals surface area contributed by atoms with Crippen LogP contribution in [0.25, 0.3) is 5.69 Å². The molecule has 4 rings (SSSR count). The summed E-state index contributed by atoms with van der Waals surface area (Å²) in [6.45, 7) is 2.89. The number of hydrogen-bond donors (Lipinski definition) is 0. The number of hydrogen-bond acceptors (Lipinski definition) is 6. The third-order valence-electron chi connectivity index (χ3n) is 4.53. The van der Waals surface area contributed by atoms with Gasteiger partial charge in [-0.3, -0.25) is 14.4 Å². The quantitative estimate of drug-likeness (QED) is 0.431. The standard InChI is InChI=1S/C21H22ClN5OS/c1-4-29-14-9-10-18-16(11-14)21(15-7-5-6-8-17(15)22)23-12-19-24-25-20(27(18)19)13-28-26(2)3/h5-11H,4,12-13H2,1-3H3. The molecule has 0 atom stereocenters. The lowest BCUT2D eigenvalue weighted by Crippen LogP contribution is -2.16. The Kier molecular flexibility index (Phi) is 6.01. The predicted octanol–water partition coefficient (Wildman–Crippen LogP) is 4.38. The fraction of sp³-hybridized carbons (Fsp3) is 0.286. The Hall–Kier alpha value is -2.19. The molecule has 0 N–H and O–H groups in total. The van der Waals surface area contributed by atoms with Crippen molar-refractivity contribution < 1.29 is 4.84 Å². The summed E-state index contributed by atoms with van der Waals surface area (Å²) >= 11 is 8.33. The summed E-state index contributed by atoms with van der Waals surface area (Å²) in [6, 6.07) is 14.2. The summed E-state index contributed by atoms with van der Waals surface area (Å²) in [6.07, 6.45) is 0. The summed E-state index contributed by atoms with van der Waals surface area (Å²) < 4.78 is 2.05. The van der Waals surface area contributed by atoms with Crippen molar-refractivity contribution in [2.24, 2.45) is 4.99 Å². The largest absolute Gasteiger partial charge is 0.291 e. The van der Waals surface area contributed by atoms with E-state index in [2.05, 4.69) is 35.3 Å². The van der Waals surface area contributed by atoms with Crippen LogP contribution in [0.5, 0.6) is 0 Å². The molecular formula is C21H22ClN5OS. The first kappa shape index (κ1) is 20.1. The lowest BCUT2D eigenvalue weighted by atomic mass is 10.0. The maximum Gasteiger partial charge on any atom is 0.165 e. The number of nitrogens with zero attached hydrogens (tertiary/aromatic N) is 5. The highest BCUT2D eigenvalue weighted by Crippen LogP contribution is 2.31. The third kappa shape index (κ3) is 4.09. The van der Waals surface area contributed by atoms with Gasteiger partial charge < -0.3 is 0 Å². The molecule has 0 spiro atoms. The van der Waals surface area contributed by atoms with Crippen LogP contribution in [0.4, 0.5) is 0 Å². The Bertz CT molecular complexity index is 1060. The highest BCUT2D eigenvalue weighted by molar-refractivity contribution is 7.99. The average Bonchev–Trinajstić information content (AvgIpc) is 3.03. The van der Waals surface area contributed by atoms with Crippen molar-refractivity contribution in [1.82, 2.24) is 19.8 Å². The van der Waals surface area contributed by atoms with Crippen molar-refractivity contribution in [2.75, 3.05) is 19.8 Å². The minimum absolute atomic E-state index is 0.326. The van der Waals surface area contributed by atoms with E-state index in [1.165, 1.54) is 4.90 Å². The van der Waals surface area contributed by atoms with Gasteiger partial charge in [0.25, 0.3) is 0 Å². The molecule has 1 aliphatic rings. The Labute approximate surface area is 179 Å². The molecule has 0 unspecified atom stereocenters. The molecular weight excluding hydrogens is 406 g/mol. The first-order valence-corrected chi connectivity index (χ1v) is 10.7. The molecule has 1 aliphatic heterocycles. The zero-order valence-electron chi connectivity index (χ0n) is 16.6. The van der Waals surface area contributed by atoms with Crippen LogP contribution in [0.2, 0.25) is 5.02 Å². The number of aromatic nitrogens is 3. The number of thioether (sulfide) groups is 1. The average molecular weight is 428 g/mol. The third-order valence-corrected chi connectivity index (χ3v) is 5.74. The molecule has 150 valence electrons. The minimum Gasteiger partial charge on any atom is -0.291 e. The van der Waals surface area contributed by atoms with Gasteiger partial charge in [0.2, 0.25) is 0 Å². The first-order chi connectivity index (χ1) is 14.1. The second-order valence-electron chi connectivity index (χ2n) is 6.71. The second kappa shape index (κ2) is 8.67. The van der Waals surface area contributed by atoms with Gasteiger partial charge in [0.1, 0.15) is 13.2 Å². The predicted molar refractivity (Wildman–Crippen MR) is 117 cm³/mol. The minimum atomic E-state index is 0.326. The fourth-order valence-electron chi connectivity index (χ4n) is 3.29. The molecule has 3 aromatic rings. The smallest absolute Gasteiger partial charge is 0.165 e. The number of hydroxylamine groups is 2. The highest BCUT2D eigenvalue weighted by atomic mass is 35.5. The molecule has 0 aliphatic carbocycles. The first-order valence-electron chi connectivity index (χ1n) is 9.38. The van der Waals surface area contributed by atoms with Gasteiger partial charge in [-0.2, -0.15) is 5.06 Å². The maximum atomic E-state index is 6.53. The molecule has 0 radical (unpaired) electrons. The summed E-state index contributed by atoms with van der Waals surface area (Å²) in [7, 11) is 3.70. The lowest BCUT2D eigenvalue weighted by molar-refractivity contribution is -0.133. The van der Waals surface area contributed by atoms with Gasteiger partial charge in [-0.15, -0.1) is 22.0 Å². The van der Waals surface area contributed by atoms with Crippen molar-refractivity contribution in [1.29, 1.82) is 0 Å². The summed E-state index contributed by atoms with van der Waals surface area (Å²) in [5.74, 6) is 2.51. The van der Waals surface area contributed by atoms with E-state index in [1.54, 1.807) is 16.8 Å². The van der Waals surface area contributed by atoms with Gasteiger partial charge in [-0.05, 0) is 30.0 Å². The molecule has 6 nitrogen and oxygen atoms in total. The van der Waals surface area contributed by atoms with Crippen LogP contribution in [0.1, 0.15) is 29.7 Å². The van der Waals surface area contributed by atoms with Gasteiger partial charge in [0.15, 0.2) is 11.6 Å². The summed E-state index contributed by atoms with van der Waals surface area (Å²) in [5.41, 5.74) is 3.79. The molecule has 0 fully saturated rings. The molecule has 2 heterocycles. The molecule has 0 saturated carbocycles. The van der Waals surface area contributed by atoms with Crippen LogP contribution in [0.15, 0.2) is 52.4 Å². The van der Waals surface area contributed by atoms with Crippen molar-refractivity contribution in [2.45, 2.75) is 25.0 Å². The van der Waals surface area contributed by atoms with E-state index in [0.717, 1.165) is 39.9 Å². The molecule has 1 aromatic heterocycles. The topological polar surface area (TPSA) is 55.5 Å². The van der Waals surface area contributed by atoms with Crippen molar-refractivity contribution in [3.8, 4) is 5.69 Å². The molecule has 8 heteroatoms. The summed E-state index contributed by atoms with van der Waals surface area (Å²) in [5, 5.41) is 11.1. The van der Waals surface area contributed by atoms with Crippen LogP contribution >= 0.6 is 23.4 Å². The zero-order valence-corrected chi connectivity index (χ0v) is 18.2. The molecule has 0 bridgehead atoms. The van der Waals surface area contributed by atoms with Crippen molar-refractivity contribution in [3.05, 3.63) is 70.3 Å². The number of rotatable bonds is 6. The van der Waals surface area contributed by atoms with Gasteiger partial charge in [-0.25, -0.2) is 0 Å². The number of fused-ring (bicyclic) bond motifs is 3. The van der Waals surface area contributed by atoms with E-state index >= 15 is 0 Å². The van der Waals surface area contributed by atoms with Crippen molar-refractivity contribution in [3.63, 3.8) is 0 Å². The van der Waals surface area contributed by atoms with Gasteiger partial charge in [0, 0.05) is 35.1 Å².